The highest BCUT2D eigenvalue weighted by Crippen LogP contribution is 2.34. The van der Waals surface area contributed by atoms with Crippen LogP contribution >= 0.6 is 11.6 Å². The largest absolute Gasteiger partial charge is 0.447 e. The summed E-state index contributed by atoms with van der Waals surface area (Å²) in [6.45, 7) is 0.654. The van der Waals surface area contributed by atoms with E-state index in [1.807, 2.05) is 52.8 Å². The molecule has 1 heterocycles. The van der Waals surface area contributed by atoms with Crippen LogP contribution < -0.4 is 9.62 Å². The summed E-state index contributed by atoms with van der Waals surface area (Å²) in [5, 5.41) is 3.40. The van der Waals surface area contributed by atoms with Crippen LogP contribution in [0.2, 0.25) is 5.02 Å². The molecule has 0 spiro atoms. The number of ether oxygens (including phenoxy) is 1. The Bertz CT molecular complexity index is 1080. The van der Waals surface area contributed by atoms with Crippen molar-refractivity contribution in [3.63, 3.8) is 0 Å². The highest BCUT2D eigenvalue weighted by molar-refractivity contribution is 7.86. The van der Waals surface area contributed by atoms with Crippen molar-refractivity contribution in [3.8, 4) is 0 Å². The Morgan fingerprint density at radius 3 is 2.53 bits per heavy atom. The van der Waals surface area contributed by atoms with E-state index in [4.69, 9.17) is 16.3 Å². The van der Waals surface area contributed by atoms with Crippen molar-refractivity contribution in [2.45, 2.75) is 30.2 Å². The van der Waals surface area contributed by atoms with E-state index in [-0.39, 0.29) is 12.6 Å². The first kappa shape index (κ1) is 22.4. The molecule has 1 N–H and O–H groups in total. The van der Waals surface area contributed by atoms with Gasteiger partial charge < -0.3 is 10.1 Å². The predicted molar refractivity (Wildman–Crippen MR) is 128 cm³/mol. The van der Waals surface area contributed by atoms with Crippen LogP contribution in [0.25, 0.3) is 0 Å². The van der Waals surface area contributed by atoms with Gasteiger partial charge in [0.2, 0.25) is 0 Å². The van der Waals surface area contributed by atoms with Gasteiger partial charge in [0.15, 0.2) is 11.0 Å². The van der Waals surface area contributed by atoms with Gasteiger partial charge in [-0.05, 0) is 60.7 Å². The van der Waals surface area contributed by atoms with Crippen molar-refractivity contribution in [1.82, 2.24) is 5.32 Å². The smallest absolute Gasteiger partial charge is 0.407 e. The molecule has 1 amide bonds. The molecular formula is C25H25ClN2O3S. The maximum absolute atomic E-state index is 13.5. The van der Waals surface area contributed by atoms with Gasteiger partial charge in [0.25, 0.3) is 0 Å². The van der Waals surface area contributed by atoms with Crippen molar-refractivity contribution < 1.29 is 13.7 Å². The molecule has 0 radical (unpaired) electrons. The lowest BCUT2D eigenvalue weighted by Crippen LogP contribution is -2.44. The number of hydrogen-bond acceptors (Lipinski definition) is 3. The van der Waals surface area contributed by atoms with Crippen molar-refractivity contribution in [2.24, 2.45) is 0 Å². The molecule has 3 aromatic carbocycles. The molecule has 1 aliphatic heterocycles. The van der Waals surface area contributed by atoms with Gasteiger partial charge in [0.1, 0.15) is 6.61 Å². The second-order valence-electron chi connectivity index (χ2n) is 7.61. The molecule has 5 nitrogen and oxygen atoms in total. The van der Waals surface area contributed by atoms with E-state index in [9.17, 15) is 9.00 Å². The number of alkyl carbamates (subject to hydrolysis) is 1. The Hall–Kier alpha value is -2.83. The Morgan fingerprint density at radius 1 is 1.03 bits per heavy atom. The van der Waals surface area contributed by atoms with Crippen LogP contribution in [0.1, 0.15) is 17.5 Å². The molecular weight excluding hydrogens is 444 g/mol. The van der Waals surface area contributed by atoms with Gasteiger partial charge in [-0.3, -0.25) is 4.31 Å². The highest BCUT2D eigenvalue weighted by atomic mass is 35.5. The maximum Gasteiger partial charge on any atom is 0.407 e. The minimum Gasteiger partial charge on any atom is -0.447 e. The van der Waals surface area contributed by atoms with E-state index in [2.05, 4.69) is 11.4 Å². The first-order valence-electron chi connectivity index (χ1n) is 10.6. The first-order valence-corrected chi connectivity index (χ1v) is 12.1. The molecule has 0 saturated carbocycles. The Kier molecular flexibility index (Phi) is 7.45. The lowest BCUT2D eigenvalue weighted by molar-refractivity contribution is 0.138. The number of benzene rings is 3. The van der Waals surface area contributed by atoms with Gasteiger partial charge in [-0.1, -0.05) is 60.1 Å². The zero-order valence-electron chi connectivity index (χ0n) is 17.6. The number of fused-ring (bicyclic) bond motifs is 1. The average Bonchev–Trinajstić information content (AvgIpc) is 2.83. The SMILES string of the molecule is O=C(NCCc1ccccc1)OCC1CCc2ccccc2N1S(=O)c1ccc(Cl)cc1. The topological polar surface area (TPSA) is 58.6 Å². The predicted octanol–water partition coefficient (Wildman–Crippen LogP) is 5.15. The minimum atomic E-state index is -1.45. The van der Waals surface area contributed by atoms with Crippen LogP contribution in [0.15, 0.2) is 83.8 Å². The molecule has 2 unspecified atom stereocenters. The Balaban J connectivity index is 1.41. The third-order valence-corrected chi connectivity index (χ3v) is 7.21. The summed E-state index contributed by atoms with van der Waals surface area (Å²) >= 11 is 6.00. The van der Waals surface area contributed by atoms with E-state index in [0.717, 1.165) is 36.1 Å². The fraction of sp³-hybridized carbons (Fsp3) is 0.240. The summed E-state index contributed by atoms with van der Waals surface area (Å²) in [6.07, 6.45) is 1.86. The van der Waals surface area contributed by atoms with Gasteiger partial charge >= 0.3 is 6.09 Å². The molecule has 1 aliphatic rings. The maximum atomic E-state index is 13.5. The van der Waals surface area contributed by atoms with E-state index in [1.54, 1.807) is 24.3 Å². The number of para-hydroxylation sites is 1. The standard InChI is InChI=1S/C25H25ClN2O3S/c26-21-11-14-23(15-12-21)32(30)28-22(13-10-20-8-4-5-9-24(20)28)18-31-25(29)27-17-16-19-6-2-1-3-7-19/h1-9,11-12,14-15,22H,10,13,16-18H2,(H,27,29). The van der Waals surface area contributed by atoms with Crippen LogP contribution in [0.5, 0.6) is 0 Å². The number of rotatable bonds is 7. The van der Waals surface area contributed by atoms with Gasteiger partial charge in [0.05, 0.1) is 16.6 Å². The van der Waals surface area contributed by atoms with Crippen LogP contribution in [0, 0.1) is 0 Å². The fourth-order valence-corrected chi connectivity index (χ4v) is 5.31. The van der Waals surface area contributed by atoms with Gasteiger partial charge in [-0.2, -0.15) is 0 Å². The molecule has 166 valence electrons. The first-order chi connectivity index (χ1) is 15.6. The number of carbonyl (C=O) groups excluding carboxylic acids is 1. The summed E-state index contributed by atoms with van der Waals surface area (Å²) in [4.78, 5) is 12.9. The average molecular weight is 469 g/mol. The number of carbonyl (C=O) groups is 1. The van der Waals surface area contributed by atoms with Crippen LogP contribution in [0.4, 0.5) is 10.5 Å². The molecule has 0 aromatic heterocycles. The van der Waals surface area contributed by atoms with Crippen LogP contribution in [-0.2, 0) is 28.6 Å². The molecule has 0 aliphatic carbocycles. The lowest BCUT2D eigenvalue weighted by Gasteiger charge is -2.37. The lowest BCUT2D eigenvalue weighted by atomic mass is 9.98. The second kappa shape index (κ2) is 10.7. The third kappa shape index (κ3) is 5.50. The molecule has 0 bridgehead atoms. The Morgan fingerprint density at radius 2 is 1.75 bits per heavy atom. The molecule has 32 heavy (non-hydrogen) atoms. The van der Waals surface area contributed by atoms with Crippen molar-refractivity contribution in [2.75, 3.05) is 17.5 Å². The number of amides is 1. The second-order valence-corrected chi connectivity index (χ2v) is 9.41. The van der Waals surface area contributed by atoms with E-state index in [0.29, 0.717) is 16.5 Å². The normalized spacial score (nSPS) is 16.2. The molecule has 7 heteroatoms. The molecule has 4 rings (SSSR count). The number of aryl methyl sites for hydroxylation is 1. The molecule has 0 saturated heterocycles. The molecule has 0 fully saturated rings. The van der Waals surface area contributed by atoms with Crippen molar-refractivity contribution >= 4 is 34.4 Å². The van der Waals surface area contributed by atoms with Crippen molar-refractivity contribution in [1.29, 1.82) is 0 Å². The monoisotopic (exact) mass is 468 g/mol. The molecule has 3 aromatic rings. The zero-order valence-corrected chi connectivity index (χ0v) is 19.1. The summed E-state index contributed by atoms with van der Waals surface area (Å²) in [5.41, 5.74) is 3.20. The van der Waals surface area contributed by atoms with E-state index >= 15 is 0 Å². The number of halogens is 1. The quantitative estimate of drug-likeness (QED) is 0.521. The number of nitrogens with zero attached hydrogens (tertiary/aromatic N) is 1. The van der Waals surface area contributed by atoms with Crippen LogP contribution in [0.3, 0.4) is 0 Å². The van der Waals surface area contributed by atoms with Crippen molar-refractivity contribution in [3.05, 3.63) is 95.0 Å². The van der Waals surface area contributed by atoms with Crippen LogP contribution in [-0.4, -0.2) is 29.5 Å². The molecule has 2 atom stereocenters. The van der Waals surface area contributed by atoms with Gasteiger partial charge in [-0.25, -0.2) is 9.00 Å². The summed E-state index contributed by atoms with van der Waals surface area (Å²) in [5.74, 6) is 0. The Labute approximate surface area is 195 Å². The van der Waals surface area contributed by atoms with Gasteiger partial charge in [0, 0.05) is 11.6 Å². The summed E-state index contributed by atoms with van der Waals surface area (Å²) in [6, 6.07) is 24.7. The summed E-state index contributed by atoms with van der Waals surface area (Å²) < 4.78 is 20.9. The number of anilines is 1. The highest BCUT2D eigenvalue weighted by Gasteiger charge is 2.32. The number of hydrogen-bond donors (Lipinski definition) is 1. The third-order valence-electron chi connectivity index (χ3n) is 5.43. The fourth-order valence-electron chi connectivity index (χ4n) is 3.79. The summed E-state index contributed by atoms with van der Waals surface area (Å²) in [7, 11) is -1.45. The van der Waals surface area contributed by atoms with E-state index < -0.39 is 17.1 Å². The number of nitrogens with one attached hydrogen (secondary N) is 1. The minimum absolute atomic E-state index is 0.158. The van der Waals surface area contributed by atoms with E-state index in [1.165, 1.54) is 0 Å². The zero-order chi connectivity index (χ0) is 22.3. The van der Waals surface area contributed by atoms with Gasteiger partial charge in [-0.15, -0.1) is 0 Å².